The molecular formula is C21H25NO3. The van der Waals surface area contributed by atoms with Gasteiger partial charge < -0.3 is 10.2 Å². The summed E-state index contributed by atoms with van der Waals surface area (Å²) in [6.07, 6.45) is 12.0. The van der Waals surface area contributed by atoms with E-state index in [1.807, 2.05) is 13.0 Å². The molecule has 1 aromatic carbocycles. The summed E-state index contributed by atoms with van der Waals surface area (Å²) in [6, 6.07) is 6.00. The Morgan fingerprint density at radius 1 is 1.32 bits per heavy atom. The number of nitrogens with zero attached hydrogens (tertiary/aromatic N) is 1. The van der Waals surface area contributed by atoms with E-state index in [-0.39, 0.29) is 11.3 Å². The Morgan fingerprint density at radius 3 is 2.36 bits per heavy atom. The van der Waals surface area contributed by atoms with Gasteiger partial charge in [0.1, 0.15) is 5.76 Å². The molecule has 0 fully saturated rings. The number of benzene rings is 1. The topological polar surface area (TPSA) is 81.3 Å². The van der Waals surface area contributed by atoms with Crippen molar-refractivity contribution in [3.63, 3.8) is 0 Å². The summed E-state index contributed by atoms with van der Waals surface area (Å²) in [7, 11) is 0. The van der Waals surface area contributed by atoms with Crippen molar-refractivity contribution in [2.24, 2.45) is 5.92 Å². The SMILES string of the molecule is C#C.C/C=C(O)\C(=C/Cc1cc(C)c(CC(C)C)c(C#N)c1)C(=O)O. The summed E-state index contributed by atoms with van der Waals surface area (Å²) in [5.74, 6) is -0.975. The van der Waals surface area contributed by atoms with Crippen LogP contribution in [0.1, 0.15) is 43.0 Å². The van der Waals surface area contributed by atoms with Gasteiger partial charge in [-0.25, -0.2) is 4.79 Å². The number of carboxylic acids is 1. The molecule has 132 valence electrons. The van der Waals surface area contributed by atoms with Crippen molar-refractivity contribution in [1.82, 2.24) is 0 Å². The van der Waals surface area contributed by atoms with Gasteiger partial charge in [0.2, 0.25) is 0 Å². The predicted octanol–water partition coefficient (Wildman–Crippen LogP) is 4.33. The highest BCUT2D eigenvalue weighted by Crippen LogP contribution is 2.21. The molecule has 2 N–H and O–H groups in total. The first-order chi connectivity index (χ1) is 11.8. The lowest BCUT2D eigenvalue weighted by Gasteiger charge is -2.13. The number of allylic oxidation sites excluding steroid dienone is 2. The van der Waals surface area contributed by atoms with Crippen LogP contribution in [0.15, 0.2) is 35.6 Å². The fourth-order valence-electron chi connectivity index (χ4n) is 2.47. The van der Waals surface area contributed by atoms with E-state index in [1.54, 1.807) is 13.0 Å². The first-order valence-electron chi connectivity index (χ1n) is 7.95. The number of aliphatic hydroxyl groups is 1. The van der Waals surface area contributed by atoms with Gasteiger partial charge in [0.25, 0.3) is 0 Å². The minimum absolute atomic E-state index is 0.130. The van der Waals surface area contributed by atoms with Crippen LogP contribution < -0.4 is 0 Å². The average molecular weight is 339 g/mol. The van der Waals surface area contributed by atoms with Gasteiger partial charge in [-0.2, -0.15) is 5.26 Å². The number of carboxylic acid groups (broad SMARTS) is 1. The number of terminal acetylenes is 1. The number of nitriles is 1. The van der Waals surface area contributed by atoms with E-state index in [4.69, 9.17) is 5.11 Å². The minimum atomic E-state index is -1.17. The molecule has 0 aliphatic carbocycles. The highest BCUT2D eigenvalue weighted by molar-refractivity contribution is 5.90. The minimum Gasteiger partial charge on any atom is -0.507 e. The molecule has 0 radical (unpaired) electrons. The number of aliphatic carboxylic acids is 1. The van der Waals surface area contributed by atoms with Crippen molar-refractivity contribution in [2.75, 3.05) is 0 Å². The van der Waals surface area contributed by atoms with Crippen molar-refractivity contribution in [2.45, 2.75) is 40.5 Å². The Balaban J connectivity index is 0.00000277. The smallest absolute Gasteiger partial charge is 0.339 e. The van der Waals surface area contributed by atoms with Gasteiger partial charge in [0, 0.05) is 0 Å². The molecule has 1 aromatic rings. The number of aryl methyl sites for hydroxylation is 1. The van der Waals surface area contributed by atoms with Crippen molar-refractivity contribution in [3.8, 4) is 18.9 Å². The van der Waals surface area contributed by atoms with Crippen LogP contribution in [0.2, 0.25) is 0 Å². The standard InChI is InChI=1S/C19H23NO3.C2H2/c1-5-18(21)16(19(22)23)7-6-14-9-13(4)17(8-12(2)3)15(10-14)11-20;1-2/h5,7,9-10,12,21H,6,8H2,1-4H3,(H,22,23);1-2H/b16-7+,18-5+;. The molecule has 4 heteroatoms. The van der Waals surface area contributed by atoms with Crippen molar-refractivity contribution in [3.05, 3.63) is 57.9 Å². The first-order valence-corrected chi connectivity index (χ1v) is 7.95. The lowest BCUT2D eigenvalue weighted by atomic mass is 9.91. The molecule has 0 amide bonds. The van der Waals surface area contributed by atoms with Crippen molar-refractivity contribution in [1.29, 1.82) is 5.26 Å². The highest BCUT2D eigenvalue weighted by atomic mass is 16.4. The monoisotopic (exact) mass is 339 g/mol. The summed E-state index contributed by atoms with van der Waals surface area (Å²) in [5, 5.41) is 28.1. The molecule has 0 unspecified atom stereocenters. The molecule has 0 atom stereocenters. The summed E-state index contributed by atoms with van der Waals surface area (Å²) < 4.78 is 0. The summed E-state index contributed by atoms with van der Waals surface area (Å²) >= 11 is 0. The Bertz CT molecular complexity index is 731. The summed E-state index contributed by atoms with van der Waals surface area (Å²) in [4.78, 5) is 11.2. The zero-order valence-electron chi connectivity index (χ0n) is 15.2. The van der Waals surface area contributed by atoms with Crippen molar-refractivity contribution >= 4 is 5.97 Å². The third-order valence-electron chi connectivity index (χ3n) is 3.59. The second kappa shape index (κ2) is 10.7. The molecule has 0 aliphatic heterocycles. The van der Waals surface area contributed by atoms with Gasteiger partial charge >= 0.3 is 5.97 Å². The predicted molar refractivity (Wildman–Crippen MR) is 100 cm³/mol. The van der Waals surface area contributed by atoms with Gasteiger partial charge in [-0.05, 0) is 61.4 Å². The van der Waals surface area contributed by atoms with Gasteiger partial charge in [0.15, 0.2) is 0 Å². The zero-order valence-corrected chi connectivity index (χ0v) is 15.2. The third-order valence-corrected chi connectivity index (χ3v) is 3.59. The molecule has 0 aliphatic rings. The molecule has 4 nitrogen and oxygen atoms in total. The molecular weight excluding hydrogens is 314 g/mol. The van der Waals surface area contributed by atoms with Gasteiger partial charge in [-0.1, -0.05) is 26.0 Å². The van der Waals surface area contributed by atoms with E-state index in [2.05, 4.69) is 32.8 Å². The largest absolute Gasteiger partial charge is 0.507 e. The molecule has 25 heavy (non-hydrogen) atoms. The second-order valence-corrected chi connectivity index (χ2v) is 5.95. The first kappa shape index (κ1) is 22.0. The van der Waals surface area contributed by atoms with Crippen molar-refractivity contribution < 1.29 is 15.0 Å². The molecule has 0 saturated heterocycles. The van der Waals surface area contributed by atoms with E-state index < -0.39 is 5.97 Å². The van der Waals surface area contributed by atoms with Crippen LogP contribution >= 0.6 is 0 Å². The number of rotatable bonds is 6. The summed E-state index contributed by atoms with van der Waals surface area (Å²) in [6.45, 7) is 7.75. The molecule has 0 heterocycles. The van der Waals surface area contributed by atoms with E-state index >= 15 is 0 Å². The fraction of sp³-hybridized carbons (Fsp3) is 0.333. The average Bonchev–Trinajstić information content (AvgIpc) is 2.57. The Kier molecular flexibility index (Phi) is 9.45. The van der Waals surface area contributed by atoms with Crippen LogP contribution in [0, 0.1) is 37.0 Å². The van der Waals surface area contributed by atoms with Gasteiger partial charge in [-0.15, -0.1) is 12.8 Å². The number of hydrogen-bond acceptors (Lipinski definition) is 3. The quantitative estimate of drug-likeness (QED) is 0.350. The van der Waals surface area contributed by atoms with Crippen LogP contribution in [0.4, 0.5) is 0 Å². The number of carbonyl (C=O) groups is 1. The third kappa shape index (κ3) is 6.57. The number of aliphatic hydroxyl groups excluding tert-OH is 1. The van der Waals surface area contributed by atoms with Crippen LogP contribution in [0.3, 0.4) is 0 Å². The highest BCUT2D eigenvalue weighted by Gasteiger charge is 2.13. The van der Waals surface area contributed by atoms with E-state index in [0.29, 0.717) is 17.9 Å². The Labute approximate surface area is 150 Å². The molecule has 0 saturated carbocycles. The zero-order chi connectivity index (χ0) is 19.6. The van der Waals surface area contributed by atoms with Gasteiger partial charge in [-0.3, -0.25) is 0 Å². The summed E-state index contributed by atoms with van der Waals surface area (Å²) in [5.41, 5.74) is 3.44. The van der Waals surface area contributed by atoms with Crippen LogP contribution in [-0.4, -0.2) is 16.2 Å². The van der Waals surface area contributed by atoms with E-state index in [9.17, 15) is 15.2 Å². The van der Waals surface area contributed by atoms with E-state index in [1.165, 1.54) is 12.2 Å². The lowest BCUT2D eigenvalue weighted by molar-refractivity contribution is -0.132. The lowest BCUT2D eigenvalue weighted by Crippen LogP contribution is -2.05. The number of hydrogen-bond donors (Lipinski definition) is 2. The second-order valence-electron chi connectivity index (χ2n) is 5.95. The fourth-order valence-corrected chi connectivity index (χ4v) is 2.47. The van der Waals surface area contributed by atoms with Crippen LogP contribution in [0.5, 0.6) is 0 Å². The van der Waals surface area contributed by atoms with E-state index in [0.717, 1.165) is 23.1 Å². The van der Waals surface area contributed by atoms with Gasteiger partial charge in [0.05, 0.1) is 17.2 Å². The molecule has 1 rings (SSSR count). The molecule has 0 aromatic heterocycles. The molecule has 0 bridgehead atoms. The Hall–Kier alpha value is -2.98. The maximum atomic E-state index is 11.2. The molecule has 0 spiro atoms. The van der Waals surface area contributed by atoms with Crippen LogP contribution in [-0.2, 0) is 17.6 Å². The van der Waals surface area contributed by atoms with Crippen LogP contribution in [0.25, 0.3) is 0 Å². The normalized spacial score (nSPS) is 11.4. The maximum absolute atomic E-state index is 11.2. The Morgan fingerprint density at radius 2 is 1.92 bits per heavy atom. The maximum Gasteiger partial charge on any atom is 0.339 e.